The number of carbonyl (C=O) groups excluding carboxylic acids is 1. The number of amides is 1. The summed E-state index contributed by atoms with van der Waals surface area (Å²) in [6, 6.07) is 0.284. The van der Waals surface area contributed by atoms with Crippen molar-refractivity contribution in [3.8, 4) is 0 Å². The van der Waals surface area contributed by atoms with E-state index < -0.39 is 5.97 Å². The van der Waals surface area contributed by atoms with E-state index in [1.165, 1.54) is 32.1 Å². The number of allylic oxidation sites excluding steroid dienone is 1. The van der Waals surface area contributed by atoms with Gasteiger partial charge in [-0.1, -0.05) is 0 Å². The third kappa shape index (κ3) is 1.60. The Hall–Kier alpha value is -1.32. The molecule has 5 rings (SSSR count). The molecule has 108 valence electrons. The van der Waals surface area contributed by atoms with Crippen molar-refractivity contribution in [2.24, 2.45) is 23.7 Å². The normalized spacial score (nSPS) is 42.8. The van der Waals surface area contributed by atoms with E-state index >= 15 is 0 Å². The van der Waals surface area contributed by atoms with Crippen LogP contribution in [-0.2, 0) is 9.59 Å². The first kappa shape index (κ1) is 12.4. The lowest BCUT2D eigenvalue weighted by atomic mass is 9.54. The van der Waals surface area contributed by atoms with Gasteiger partial charge in [0, 0.05) is 11.7 Å². The van der Waals surface area contributed by atoms with Gasteiger partial charge >= 0.3 is 5.97 Å². The number of nitrogens with zero attached hydrogens (tertiary/aromatic N) is 1. The summed E-state index contributed by atoms with van der Waals surface area (Å²) in [5.74, 6) is 2.04. The molecule has 0 spiro atoms. The van der Waals surface area contributed by atoms with Crippen LogP contribution in [0.25, 0.3) is 0 Å². The molecule has 4 saturated carbocycles. The standard InChI is InChI=1S/C16H21NO3/c1-8-13(16(19)20)7-14(18)17(8)15-11-3-9-2-10(5-11)6-12(15)4-9/h9-12,15H,2-7H2,1H3,(H,19,20). The minimum Gasteiger partial charge on any atom is -0.478 e. The fourth-order valence-electron chi connectivity index (χ4n) is 5.64. The fraction of sp³-hybridized carbons (Fsp3) is 0.750. The van der Waals surface area contributed by atoms with Crippen molar-refractivity contribution in [3.63, 3.8) is 0 Å². The summed E-state index contributed by atoms with van der Waals surface area (Å²) >= 11 is 0. The summed E-state index contributed by atoms with van der Waals surface area (Å²) in [6.07, 6.45) is 6.47. The Morgan fingerprint density at radius 3 is 2.10 bits per heavy atom. The number of aliphatic carboxylic acids is 1. The van der Waals surface area contributed by atoms with E-state index in [-0.39, 0.29) is 18.4 Å². The van der Waals surface area contributed by atoms with Crippen LogP contribution in [0.15, 0.2) is 11.3 Å². The number of hydrogen-bond donors (Lipinski definition) is 1. The zero-order chi connectivity index (χ0) is 14.0. The van der Waals surface area contributed by atoms with E-state index in [2.05, 4.69) is 0 Å². The molecule has 5 aliphatic rings. The summed E-state index contributed by atoms with van der Waals surface area (Å²) in [6.45, 7) is 1.82. The Bertz CT molecular complexity index is 494. The van der Waals surface area contributed by atoms with Crippen molar-refractivity contribution in [1.29, 1.82) is 0 Å². The lowest BCUT2D eigenvalue weighted by Crippen LogP contribution is -2.56. The van der Waals surface area contributed by atoms with E-state index in [1.807, 2.05) is 11.8 Å². The van der Waals surface area contributed by atoms with Gasteiger partial charge in [-0.3, -0.25) is 4.79 Å². The van der Waals surface area contributed by atoms with Gasteiger partial charge in [-0.05, 0) is 62.7 Å². The first-order valence-electron chi connectivity index (χ1n) is 7.79. The van der Waals surface area contributed by atoms with Crippen LogP contribution in [0.1, 0.15) is 45.4 Å². The highest BCUT2D eigenvalue weighted by atomic mass is 16.4. The van der Waals surface area contributed by atoms with E-state index in [0.29, 0.717) is 23.1 Å². The fourth-order valence-corrected chi connectivity index (χ4v) is 5.64. The first-order valence-corrected chi connectivity index (χ1v) is 7.79. The first-order chi connectivity index (χ1) is 9.54. The average molecular weight is 275 g/mol. The van der Waals surface area contributed by atoms with Crippen LogP contribution in [0.5, 0.6) is 0 Å². The Morgan fingerprint density at radius 1 is 1.10 bits per heavy atom. The van der Waals surface area contributed by atoms with Crippen LogP contribution in [0, 0.1) is 23.7 Å². The van der Waals surface area contributed by atoms with Crippen LogP contribution in [0.3, 0.4) is 0 Å². The molecule has 4 bridgehead atoms. The molecule has 1 aliphatic heterocycles. The lowest BCUT2D eigenvalue weighted by molar-refractivity contribution is -0.138. The Kier molecular flexibility index (Phi) is 2.54. The molecule has 0 radical (unpaired) electrons. The SMILES string of the molecule is CC1=C(C(=O)O)CC(=O)N1C1C2CC3CC(C2)CC1C3. The molecule has 0 saturated heterocycles. The van der Waals surface area contributed by atoms with Crippen molar-refractivity contribution >= 4 is 11.9 Å². The predicted octanol–water partition coefficient (Wildman–Crippen LogP) is 2.40. The van der Waals surface area contributed by atoms with E-state index in [0.717, 1.165) is 11.8 Å². The van der Waals surface area contributed by atoms with Gasteiger partial charge in [0.15, 0.2) is 0 Å². The van der Waals surface area contributed by atoms with Crippen molar-refractivity contribution in [3.05, 3.63) is 11.3 Å². The highest BCUT2D eigenvalue weighted by Gasteiger charge is 2.52. The molecule has 1 N–H and O–H groups in total. The van der Waals surface area contributed by atoms with Crippen molar-refractivity contribution < 1.29 is 14.7 Å². The number of carboxylic acids is 1. The second-order valence-electron chi connectivity index (χ2n) is 7.23. The quantitative estimate of drug-likeness (QED) is 0.842. The third-order valence-electron chi connectivity index (χ3n) is 6.13. The highest BCUT2D eigenvalue weighted by molar-refractivity contribution is 5.99. The van der Waals surface area contributed by atoms with Gasteiger partial charge in [-0.25, -0.2) is 4.79 Å². The maximum absolute atomic E-state index is 12.3. The zero-order valence-corrected chi connectivity index (χ0v) is 11.8. The third-order valence-corrected chi connectivity index (χ3v) is 6.13. The Labute approximate surface area is 118 Å². The van der Waals surface area contributed by atoms with Gasteiger partial charge < -0.3 is 10.0 Å². The van der Waals surface area contributed by atoms with Crippen LogP contribution in [0.2, 0.25) is 0 Å². The minimum absolute atomic E-state index is 0.0115. The number of carbonyl (C=O) groups is 2. The molecule has 20 heavy (non-hydrogen) atoms. The lowest BCUT2D eigenvalue weighted by Gasteiger charge is -2.56. The molecule has 4 nitrogen and oxygen atoms in total. The minimum atomic E-state index is -0.929. The molecule has 0 aromatic rings. The average Bonchev–Trinajstić information content (AvgIpc) is 2.65. The van der Waals surface area contributed by atoms with Gasteiger partial charge in [-0.2, -0.15) is 0 Å². The van der Waals surface area contributed by atoms with Crippen LogP contribution in [-0.4, -0.2) is 27.9 Å². The van der Waals surface area contributed by atoms with Crippen LogP contribution in [0.4, 0.5) is 0 Å². The summed E-state index contributed by atoms with van der Waals surface area (Å²) in [5.41, 5.74) is 1.02. The molecule has 0 unspecified atom stereocenters. The summed E-state index contributed by atoms with van der Waals surface area (Å²) < 4.78 is 0. The van der Waals surface area contributed by atoms with E-state index in [9.17, 15) is 14.7 Å². The summed E-state index contributed by atoms with van der Waals surface area (Å²) in [5, 5.41) is 9.23. The molecule has 0 aromatic carbocycles. The summed E-state index contributed by atoms with van der Waals surface area (Å²) in [7, 11) is 0. The predicted molar refractivity (Wildman–Crippen MR) is 72.6 cm³/mol. The molecule has 0 atom stereocenters. The second kappa shape index (κ2) is 4.09. The van der Waals surface area contributed by atoms with Gasteiger partial charge in [0.2, 0.25) is 5.91 Å². The molecule has 0 aromatic heterocycles. The van der Waals surface area contributed by atoms with Gasteiger partial charge in [0.1, 0.15) is 0 Å². The van der Waals surface area contributed by atoms with Gasteiger partial charge in [0.25, 0.3) is 0 Å². The summed E-state index contributed by atoms with van der Waals surface area (Å²) in [4.78, 5) is 25.5. The smallest absolute Gasteiger partial charge is 0.333 e. The Balaban J connectivity index is 1.67. The molecule has 1 amide bonds. The largest absolute Gasteiger partial charge is 0.478 e. The number of hydrogen-bond acceptors (Lipinski definition) is 2. The van der Waals surface area contributed by atoms with Crippen molar-refractivity contribution in [2.45, 2.75) is 51.5 Å². The molecule has 4 heteroatoms. The Morgan fingerprint density at radius 2 is 1.65 bits per heavy atom. The van der Waals surface area contributed by atoms with Crippen LogP contribution >= 0.6 is 0 Å². The molecular weight excluding hydrogens is 254 g/mol. The van der Waals surface area contributed by atoms with E-state index in [4.69, 9.17) is 0 Å². The highest BCUT2D eigenvalue weighted by Crippen LogP contribution is 2.56. The monoisotopic (exact) mass is 275 g/mol. The molecule has 4 aliphatic carbocycles. The van der Waals surface area contributed by atoms with Gasteiger partial charge in [0.05, 0.1) is 12.0 Å². The maximum Gasteiger partial charge on any atom is 0.333 e. The number of carboxylic acid groups (broad SMARTS) is 1. The maximum atomic E-state index is 12.3. The molecular formula is C16H21NO3. The molecule has 4 fully saturated rings. The second-order valence-corrected chi connectivity index (χ2v) is 7.23. The number of rotatable bonds is 2. The van der Waals surface area contributed by atoms with E-state index in [1.54, 1.807) is 0 Å². The zero-order valence-electron chi connectivity index (χ0n) is 11.8. The topological polar surface area (TPSA) is 57.6 Å². The van der Waals surface area contributed by atoms with Crippen molar-refractivity contribution in [1.82, 2.24) is 4.90 Å². The molecule has 1 heterocycles. The van der Waals surface area contributed by atoms with Gasteiger partial charge in [-0.15, -0.1) is 0 Å². The van der Waals surface area contributed by atoms with Crippen LogP contribution < -0.4 is 0 Å². The van der Waals surface area contributed by atoms with Crippen molar-refractivity contribution in [2.75, 3.05) is 0 Å².